The second-order valence-corrected chi connectivity index (χ2v) is 4.11. The van der Waals surface area contributed by atoms with Crippen LogP contribution in [0.1, 0.15) is 40.0 Å². The summed E-state index contributed by atoms with van der Waals surface area (Å²) in [5.41, 5.74) is 0. The minimum Gasteiger partial charge on any atom is -0.300 e. The van der Waals surface area contributed by atoms with Gasteiger partial charge in [-0.15, -0.1) is 0 Å². The van der Waals surface area contributed by atoms with E-state index >= 15 is 0 Å². The van der Waals surface area contributed by atoms with E-state index in [0.29, 0.717) is 17.6 Å². The lowest BCUT2D eigenvalue weighted by molar-refractivity contribution is -0.123. The van der Waals surface area contributed by atoms with E-state index in [9.17, 15) is 4.79 Å². The highest BCUT2D eigenvalue weighted by atomic mass is 16.1. The lowest BCUT2D eigenvalue weighted by atomic mass is 9.74. The lowest BCUT2D eigenvalue weighted by Gasteiger charge is -2.30. The van der Waals surface area contributed by atoms with Gasteiger partial charge in [-0.05, 0) is 31.6 Å². The van der Waals surface area contributed by atoms with Gasteiger partial charge in [0, 0.05) is 5.92 Å². The fourth-order valence-corrected chi connectivity index (χ4v) is 2.10. The third-order valence-corrected chi connectivity index (χ3v) is 2.98. The average molecular weight is 154 g/mol. The molecule has 1 nitrogen and oxygen atoms in total. The van der Waals surface area contributed by atoms with E-state index in [1.54, 1.807) is 6.92 Å². The highest BCUT2D eigenvalue weighted by Crippen LogP contribution is 2.33. The van der Waals surface area contributed by atoms with Crippen molar-refractivity contribution in [2.75, 3.05) is 0 Å². The molecule has 0 amide bonds. The zero-order chi connectivity index (χ0) is 8.43. The molecule has 0 aliphatic heterocycles. The Morgan fingerprint density at radius 2 is 1.91 bits per heavy atom. The summed E-state index contributed by atoms with van der Waals surface area (Å²) in [6, 6.07) is 0. The molecule has 0 aromatic heterocycles. The molecule has 0 aromatic rings. The number of rotatable bonds is 1. The third kappa shape index (κ3) is 2.05. The number of carbonyl (C=O) groups is 1. The predicted molar refractivity (Wildman–Crippen MR) is 46.4 cm³/mol. The van der Waals surface area contributed by atoms with Crippen molar-refractivity contribution in [1.29, 1.82) is 0 Å². The third-order valence-electron chi connectivity index (χ3n) is 2.98. The molecule has 0 radical (unpaired) electrons. The molecule has 64 valence electrons. The van der Waals surface area contributed by atoms with E-state index in [4.69, 9.17) is 0 Å². The fraction of sp³-hybridized carbons (Fsp3) is 0.900. The summed E-state index contributed by atoms with van der Waals surface area (Å²) in [5.74, 6) is 2.14. The van der Waals surface area contributed by atoms with E-state index < -0.39 is 0 Å². The van der Waals surface area contributed by atoms with Crippen LogP contribution in [0.2, 0.25) is 0 Å². The molecule has 1 aliphatic carbocycles. The molecule has 0 aromatic carbocycles. The standard InChI is InChI=1S/C10H18O/c1-7-4-5-8(2)10(6-7)9(3)11/h7-8,10H,4-6H2,1-3H3/t7-,8-,10+/m1/s1. The zero-order valence-corrected chi connectivity index (χ0v) is 7.76. The first kappa shape index (κ1) is 8.76. The largest absolute Gasteiger partial charge is 0.300 e. The van der Waals surface area contributed by atoms with Crippen molar-refractivity contribution in [1.82, 2.24) is 0 Å². The minimum atomic E-state index is 0.360. The van der Waals surface area contributed by atoms with Crippen LogP contribution >= 0.6 is 0 Å². The number of carbonyl (C=O) groups excluding carboxylic acids is 1. The van der Waals surface area contributed by atoms with Gasteiger partial charge in [0.2, 0.25) is 0 Å². The monoisotopic (exact) mass is 154 g/mol. The van der Waals surface area contributed by atoms with Crippen LogP contribution in [0.25, 0.3) is 0 Å². The van der Waals surface area contributed by atoms with Crippen LogP contribution in [0, 0.1) is 17.8 Å². The summed E-state index contributed by atoms with van der Waals surface area (Å²) in [6.45, 7) is 6.19. The normalized spacial score (nSPS) is 38.6. The molecule has 1 rings (SSSR count). The lowest BCUT2D eigenvalue weighted by Crippen LogP contribution is -2.26. The second-order valence-electron chi connectivity index (χ2n) is 4.11. The Morgan fingerprint density at radius 3 is 2.36 bits per heavy atom. The molecule has 0 unspecified atom stereocenters. The molecule has 3 atom stereocenters. The summed E-state index contributed by atoms with van der Waals surface area (Å²) in [7, 11) is 0. The van der Waals surface area contributed by atoms with Crippen molar-refractivity contribution >= 4 is 5.78 Å². The van der Waals surface area contributed by atoms with Crippen molar-refractivity contribution < 1.29 is 4.79 Å². The Morgan fingerprint density at radius 1 is 1.27 bits per heavy atom. The van der Waals surface area contributed by atoms with Crippen molar-refractivity contribution in [3.63, 3.8) is 0 Å². The van der Waals surface area contributed by atoms with Gasteiger partial charge in [0.05, 0.1) is 0 Å². The van der Waals surface area contributed by atoms with Crippen LogP contribution < -0.4 is 0 Å². The van der Waals surface area contributed by atoms with Crippen LogP contribution in [0.3, 0.4) is 0 Å². The first-order valence-electron chi connectivity index (χ1n) is 4.61. The van der Waals surface area contributed by atoms with Gasteiger partial charge in [0.15, 0.2) is 0 Å². The Labute approximate surface area is 69.2 Å². The molecule has 0 spiro atoms. The molecule has 0 saturated heterocycles. The molecular weight excluding hydrogens is 136 g/mol. The minimum absolute atomic E-state index is 0.360. The first-order valence-corrected chi connectivity index (χ1v) is 4.61. The van der Waals surface area contributed by atoms with Gasteiger partial charge in [-0.2, -0.15) is 0 Å². The smallest absolute Gasteiger partial charge is 0.133 e. The van der Waals surface area contributed by atoms with Crippen molar-refractivity contribution in [2.45, 2.75) is 40.0 Å². The molecule has 0 bridgehead atoms. The van der Waals surface area contributed by atoms with Gasteiger partial charge < -0.3 is 0 Å². The Balaban J connectivity index is 2.54. The fourth-order valence-electron chi connectivity index (χ4n) is 2.10. The summed E-state index contributed by atoms with van der Waals surface area (Å²) < 4.78 is 0. The highest BCUT2D eigenvalue weighted by Gasteiger charge is 2.28. The second kappa shape index (κ2) is 3.38. The van der Waals surface area contributed by atoms with Gasteiger partial charge in [-0.1, -0.05) is 20.3 Å². The molecule has 1 aliphatic rings. The summed E-state index contributed by atoms with van der Waals surface area (Å²) in [6.07, 6.45) is 3.67. The van der Waals surface area contributed by atoms with Crippen molar-refractivity contribution in [3.8, 4) is 0 Å². The quantitative estimate of drug-likeness (QED) is 0.567. The molecule has 11 heavy (non-hydrogen) atoms. The molecule has 1 fully saturated rings. The Kier molecular flexibility index (Phi) is 2.69. The van der Waals surface area contributed by atoms with Crippen LogP contribution in [-0.2, 0) is 4.79 Å². The van der Waals surface area contributed by atoms with E-state index in [0.717, 1.165) is 12.3 Å². The van der Waals surface area contributed by atoms with Gasteiger partial charge >= 0.3 is 0 Å². The van der Waals surface area contributed by atoms with E-state index in [-0.39, 0.29) is 0 Å². The number of ketones is 1. The number of hydrogen-bond acceptors (Lipinski definition) is 1. The maximum atomic E-state index is 11.2. The van der Waals surface area contributed by atoms with Crippen LogP contribution in [0.15, 0.2) is 0 Å². The molecule has 0 heterocycles. The topological polar surface area (TPSA) is 17.1 Å². The average Bonchev–Trinajstić information content (AvgIpc) is 1.94. The summed E-state index contributed by atoms with van der Waals surface area (Å²) in [4.78, 5) is 11.2. The van der Waals surface area contributed by atoms with Crippen LogP contribution in [0.5, 0.6) is 0 Å². The number of hydrogen-bond donors (Lipinski definition) is 0. The van der Waals surface area contributed by atoms with Gasteiger partial charge in [-0.25, -0.2) is 0 Å². The van der Waals surface area contributed by atoms with Gasteiger partial charge in [-0.3, -0.25) is 4.79 Å². The molecule has 1 heteroatoms. The number of Topliss-reactive ketones (excluding diaryl/α,β-unsaturated/α-hetero) is 1. The van der Waals surface area contributed by atoms with E-state index in [1.807, 2.05) is 0 Å². The van der Waals surface area contributed by atoms with Crippen molar-refractivity contribution in [2.24, 2.45) is 17.8 Å². The van der Waals surface area contributed by atoms with Gasteiger partial charge in [0.25, 0.3) is 0 Å². The molecular formula is C10H18O. The highest BCUT2D eigenvalue weighted by molar-refractivity contribution is 5.78. The first-order chi connectivity index (χ1) is 5.11. The SMILES string of the molecule is CC(=O)[C@H]1C[C@H](C)CC[C@H]1C. The van der Waals surface area contributed by atoms with Gasteiger partial charge in [0.1, 0.15) is 5.78 Å². The maximum absolute atomic E-state index is 11.2. The summed E-state index contributed by atoms with van der Waals surface area (Å²) >= 11 is 0. The predicted octanol–water partition coefficient (Wildman–Crippen LogP) is 2.65. The summed E-state index contributed by atoms with van der Waals surface area (Å²) in [5, 5.41) is 0. The van der Waals surface area contributed by atoms with Crippen molar-refractivity contribution in [3.05, 3.63) is 0 Å². The van der Waals surface area contributed by atoms with Crippen LogP contribution in [0.4, 0.5) is 0 Å². The Hall–Kier alpha value is -0.330. The Bertz CT molecular complexity index is 151. The zero-order valence-electron chi connectivity index (χ0n) is 7.76. The molecule has 0 N–H and O–H groups in total. The van der Waals surface area contributed by atoms with E-state index in [2.05, 4.69) is 13.8 Å². The van der Waals surface area contributed by atoms with E-state index in [1.165, 1.54) is 12.8 Å². The van der Waals surface area contributed by atoms with Crippen LogP contribution in [-0.4, -0.2) is 5.78 Å². The maximum Gasteiger partial charge on any atom is 0.133 e. The molecule has 1 saturated carbocycles.